The van der Waals surface area contributed by atoms with Gasteiger partial charge in [-0.1, -0.05) is 15.9 Å². The summed E-state index contributed by atoms with van der Waals surface area (Å²) in [6.45, 7) is 0. The zero-order valence-corrected chi connectivity index (χ0v) is 12.8. The Balaban J connectivity index is 2.38. The van der Waals surface area contributed by atoms with E-state index in [1.54, 1.807) is 6.07 Å². The molecule has 1 aromatic carbocycles. The molecule has 0 aliphatic carbocycles. The van der Waals surface area contributed by atoms with Gasteiger partial charge in [-0.2, -0.15) is 4.98 Å². The van der Waals surface area contributed by atoms with Gasteiger partial charge in [0.2, 0.25) is 11.8 Å². The third-order valence-corrected chi connectivity index (χ3v) is 3.32. The first-order valence-electron chi connectivity index (χ1n) is 5.10. The Morgan fingerprint density at radius 3 is 2.60 bits per heavy atom. The molecular weight excluding hydrogens is 398 g/mol. The summed E-state index contributed by atoms with van der Waals surface area (Å²) in [5, 5.41) is 17.4. The number of amides is 1. The molecule has 0 unspecified atom stereocenters. The van der Waals surface area contributed by atoms with E-state index in [1.165, 1.54) is 6.07 Å². The Kier molecular flexibility index (Phi) is 4.04. The predicted octanol–water partition coefficient (Wildman–Crippen LogP) is 1.86. The first kappa shape index (κ1) is 14.5. The van der Waals surface area contributed by atoms with E-state index >= 15 is 0 Å². The van der Waals surface area contributed by atoms with Crippen molar-refractivity contribution in [1.82, 2.24) is 15.2 Å². The van der Waals surface area contributed by atoms with E-state index < -0.39 is 11.9 Å². The van der Waals surface area contributed by atoms with Gasteiger partial charge in [0.05, 0.1) is 11.3 Å². The zero-order valence-electron chi connectivity index (χ0n) is 9.65. The summed E-state index contributed by atoms with van der Waals surface area (Å²) in [7, 11) is 0. The lowest BCUT2D eigenvalue weighted by Crippen LogP contribution is -2.17. The fraction of sp³-hybridized carbons (Fsp3) is 0. The van der Waals surface area contributed by atoms with Crippen molar-refractivity contribution in [2.45, 2.75) is 0 Å². The lowest BCUT2D eigenvalue weighted by atomic mass is 10.2. The quantitative estimate of drug-likeness (QED) is 0.616. The summed E-state index contributed by atoms with van der Waals surface area (Å²) < 4.78 is 0.966. The Morgan fingerprint density at radius 1 is 1.35 bits per heavy atom. The van der Waals surface area contributed by atoms with Crippen LogP contribution in [-0.4, -0.2) is 32.2 Å². The van der Waals surface area contributed by atoms with Crippen molar-refractivity contribution in [3.63, 3.8) is 0 Å². The number of anilines is 2. The molecule has 0 aliphatic rings. The number of nitrogens with zero attached hydrogens (tertiary/aromatic N) is 2. The maximum atomic E-state index is 11.9. The molecule has 1 heterocycles. The smallest absolute Gasteiger partial charge is 0.337 e. The lowest BCUT2D eigenvalue weighted by Gasteiger charge is -2.10. The number of aromatic amines is 1. The fourth-order valence-corrected chi connectivity index (χ4v) is 2.74. The molecule has 0 saturated heterocycles. The second-order valence-electron chi connectivity index (χ2n) is 3.61. The monoisotopic (exact) mass is 403 g/mol. The number of hydrogen-bond acceptors (Lipinski definition) is 5. The topological polar surface area (TPSA) is 134 Å². The first-order chi connectivity index (χ1) is 9.38. The van der Waals surface area contributed by atoms with Gasteiger partial charge in [-0.3, -0.25) is 9.89 Å². The molecule has 0 aliphatic heterocycles. The van der Waals surface area contributed by atoms with E-state index in [0.29, 0.717) is 8.95 Å². The number of carboxylic acid groups (broad SMARTS) is 1. The number of aromatic carboxylic acids is 1. The standard InChI is InChI=1S/C10H7Br2N5O3/c11-3-1-4(9(19)20)6(5(12)2-3)14-8(18)7-15-10(13)17-16-7/h1-2H,(H,14,18)(H,19,20)(H3,13,15,16,17). The van der Waals surface area contributed by atoms with E-state index in [2.05, 4.69) is 52.4 Å². The van der Waals surface area contributed by atoms with Crippen LogP contribution in [0.3, 0.4) is 0 Å². The summed E-state index contributed by atoms with van der Waals surface area (Å²) >= 11 is 6.37. The van der Waals surface area contributed by atoms with Crippen LogP contribution in [0.2, 0.25) is 0 Å². The van der Waals surface area contributed by atoms with E-state index in [1.807, 2.05) is 0 Å². The third kappa shape index (κ3) is 2.96. The number of benzene rings is 1. The highest BCUT2D eigenvalue weighted by Crippen LogP contribution is 2.31. The minimum absolute atomic E-state index is 0.0768. The molecule has 5 N–H and O–H groups in total. The van der Waals surface area contributed by atoms with Crippen molar-refractivity contribution >= 4 is 55.4 Å². The van der Waals surface area contributed by atoms with Crippen LogP contribution < -0.4 is 11.1 Å². The molecular formula is C10H7Br2N5O3. The van der Waals surface area contributed by atoms with Crippen molar-refractivity contribution in [1.29, 1.82) is 0 Å². The molecule has 2 rings (SSSR count). The number of aromatic nitrogens is 3. The minimum atomic E-state index is -1.18. The van der Waals surface area contributed by atoms with E-state index in [9.17, 15) is 9.59 Å². The molecule has 2 aromatic rings. The van der Waals surface area contributed by atoms with Crippen LogP contribution in [0, 0.1) is 0 Å². The van der Waals surface area contributed by atoms with Crippen molar-refractivity contribution in [3.05, 3.63) is 32.5 Å². The summed E-state index contributed by atoms with van der Waals surface area (Å²) in [5.41, 5.74) is 5.33. The number of rotatable bonds is 3. The summed E-state index contributed by atoms with van der Waals surface area (Å²) in [4.78, 5) is 26.8. The van der Waals surface area contributed by atoms with Crippen LogP contribution in [0.1, 0.15) is 21.0 Å². The maximum Gasteiger partial charge on any atom is 0.337 e. The lowest BCUT2D eigenvalue weighted by molar-refractivity contribution is 0.0698. The van der Waals surface area contributed by atoms with Crippen LogP contribution in [0.15, 0.2) is 21.1 Å². The van der Waals surface area contributed by atoms with Gasteiger partial charge in [-0.05, 0) is 28.1 Å². The molecule has 1 amide bonds. The van der Waals surface area contributed by atoms with E-state index in [0.717, 1.165) is 0 Å². The maximum absolute atomic E-state index is 11.9. The average molecular weight is 405 g/mol. The Morgan fingerprint density at radius 2 is 2.05 bits per heavy atom. The molecule has 10 heteroatoms. The van der Waals surface area contributed by atoms with Crippen LogP contribution in [0.4, 0.5) is 11.6 Å². The molecule has 104 valence electrons. The number of nitrogens with two attached hydrogens (primary N) is 1. The second kappa shape index (κ2) is 5.59. The number of nitrogen functional groups attached to an aromatic ring is 1. The fourth-order valence-electron chi connectivity index (χ4n) is 1.42. The van der Waals surface area contributed by atoms with Crippen molar-refractivity contribution in [2.24, 2.45) is 0 Å². The Labute approximate surface area is 129 Å². The van der Waals surface area contributed by atoms with Gasteiger partial charge in [0.1, 0.15) is 0 Å². The molecule has 1 aromatic heterocycles. The number of carbonyl (C=O) groups is 2. The summed E-state index contributed by atoms with van der Waals surface area (Å²) in [6.07, 6.45) is 0. The molecule has 20 heavy (non-hydrogen) atoms. The number of hydrogen-bond donors (Lipinski definition) is 4. The van der Waals surface area contributed by atoms with Gasteiger partial charge in [0.15, 0.2) is 0 Å². The van der Waals surface area contributed by atoms with Crippen LogP contribution >= 0.6 is 31.9 Å². The van der Waals surface area contributed by atoms with Crippen molar-refractivity contribution in [2.75, 3.05) is 11.1 Å². The Hall–Kier alpha value is -1.94. The normalized spacial score (nSPS) is 10.3. The molecule has 0 spiro atoms. The van der Waals surface area contributed by atoms with Gasteiger partial charge >= 0.3 is 5.97 Å². The van der Waals surface area contributed by atoms with E-state index in [-0.39, 0.29) is 23.0 Å². The number of nitrogens with one attached hydrogen (secondary N) is 2. The van der Waals surface area contributed by atoms with Crippen molar-refractivity contribution in [3.8, 4) is 0 Å². The largest absolute Gasteiger partial charge is 0.478 e. The Bertz CT molecular complexity index is 700. The molecule has 0 fully saturated rings. The summed E-state index contributed by atoms with van der Waals surface area (Å²) in [5.74, 6) is -2.03. The van der Waals surface area contributed by atoms with Crippen LogP contribution in [0.5, 0.6) is 0 Å². The number of H-pyrrole nitrogens is 1. The predicted molar refractivity (Wildman–Crippen MR) is 77.5 cm³/mol. The van der Waals surface area contributed by atoms with Crippen LogP contribution in [-0.2, 0) is 0 Å². The van der Waals surface area contributed by atoms with E-state index in [4.69, 9.17) is 10.8 Å². The molecule has 0 atom stereocenters. The minimum Gasteiger partial charge on any atom is -0.478 e. The van der Waals surface area contributed by atoms with Gasteiger partial charge in [0, 0.05) is 8.95 Å². The molecule has 8 nitrogen and oxygen atoms in total. The van der Waals surface area contributed by atoms with Crippen molar-refractivity contribution < 1.29 is 14.7 Å². The van der Waals surface area contributed by atoms with Gasteiger partial charge in [0.25, 0.3) is 5.91 Å². The number of carboxylic acids is 1. The average Bonchev–Trinajstić information content (AvgIpc) is 2.78. The second-order valence-corrected chi connectivity index (χ2v) is 5.38. The van der Waals surface area contributed by atoms with Gasteiger partial charge < -0.3 is 16.2 Å². The van der Waals surface area contributed by atoms with Crippen LogP contribution in [0.25, 0.3) is 0 Å². The third-order valence-electron chi connectivity index (χ3n) is 2.24. The molecule has 0 saturated carbocycles. The first-order valence-corrected chi connectivity index (χ1v) is 6.68. The molecule has 0 radical (unpaired) electrons. The number of halogens is 2. The summed E-state index contributed by atoms with van der Waals surface area (Å²) in [6, 6.07) is 2.98. The molecule has 0 bridgehead atoms. The highest BCUT2D eigenvalue weighted by atomic mass is 79.9. The zero-order chi connectivity index (χ0) is 14.9. The van der Waals surface area contributed by atoms with Gasteiger partial charge in [-0.15, -0.1) is 5.10 Å². The van der Waals surface area contributed by atoms with Gasteiger partial charge in [-0.25, -0.2) is 4.79 Å². The highest BCUT2D eigenvalue weighted by molar-refractivity contribution is 9.11. The SMILES string of the molecule is Nc1n[nH]c(C(=O)Nc2c(Br)cc(Br)cc2C(=O)O)n1. The number of carbonyl (C=O) groups excluding carboxylic acids is 1. The highest BCUT2D eigenvalue weighted by Gasteiger charge is 2.19.